The molecule has 156 valence electrons. The number of fused-ring (bicyclic) bond motifs is 1. The third-order valence-corrected chi connectivity index (χ3v) is 5.19. The highest BCUT2D eigenvalue weighted by Crippen LogP contribution is 2.31. The molecule has 2 aromatic carbocycles. The van der Waals surface area contributed by atoms with Crippen LogP contribution in [0.1, 0.15) is 30.7 Å². The Hall–Kier alpha value is -3.32. The number of aromatic amines is 1. The number of rotatable bonds is 6. The van der Waals surface area contributed by atoms with E-state index in [1.54, 1.807) is 13.3 Å². The van der Waals surface area contributed by atoms with Crippen molar-refractivity contribution in [3.8, 4) is 5.75 Å². The molecule has 1 aliphatic rings. The summed E-state index contributed by atoms with van der Waals surface area (Å²) in [6, 6.07) is 12.2. The first-order valence-corrected chi connectivity index (χ1v) is 10.1. The minimum Gasteiger partial charge on any atom is -0.496 e. The Morgan fingerprint density at radius 1 is 1.20 bits per heavy atom. The fourth-order valence-corrected chi connectivity index (χ4v) is 3.75. The molecule has 0 aliphatic carbocycles. The van der Waals surface area contributed by atoms with Crippen molar-refractivity contribution < 1.29 is 4.74 Å². The number of allylic oxidation sites excluding steroid dienone is 1. The van der Waals surface area contributed by atoms with Gasteiger partial charge >= 0.3 is 0 Å². The number of aryl methyl sites for hydroxylation is 1. The zero-order chi connectivity index (χ0) is 21.3. The molecule has 0 radical (unpaired) electrons. The van der Waals surface area contributed by atoms with Crippen LogP contribution in [0, 0.1) is 12.8 Å². The molecule has 0 saturated carbocycles. The molecule has 3 aromatic rings. The third kappa shape index (κ3) is 3.89. The van der Waals surface area contributed by atoms with Crippen molar-refractivity contribution in [2.24, 2.45) is 16.6 Å². The number of hydrogen-bond donors (Lipinski definition) is 4. The lowest BCUT2D eigenvalue weighted by Crippen LogP contribution is -2.51. The van der Waals surface area contributed by atoms with Crippen LogP contribution in [-0.2, 0) is 12.2 Å². The third-order valence-electron chi connectivity index (χ3n) is 5.19. The summed E-state index contributed by atoms with van der Waals surface area (Å²) >= 11 is 0. The molecule has 0 fully saturated rings. The van der Waals surface area contributed by atoms with Crippen LogP contribution in [0.3, 0.4) is 0 Å². The highest BCUT2D eigenvalue weighted by atomic mass is 16.5. The molecule has 7 heteroatoms. The first-order valence-electron chi connectivity index (χ1n) is 10.1. The molecule has 0 amide bonds. The summed E-state index contributed by atoms with van der Waals surface area (Å²) in [6.07, 6.45) is 4.53. The Morgan fingerprint density at radius 3 is 2.80 bits per heavy atom. The summed E-state index contributed by atoms with van der Waals surface area (Å²) in [7, 11) is 1.65. The zero-order valence-electron chi connectivity index (χ0n) is 17.8. The van der Waals surface area contributed by atoms with E-state index >= 15 is 0 Å². The van der Waals surface area contributed by atoms with E-state index < -0.39 is 5.79 Å². The lowest BCUT2D eigenvalue weighted by atomic mass is 9.97. The van der Waals surface area contributed by atoms with Crippen molar-refractivity contribution in [3.05, 3.63) is 65.1 Å². The van der Waals surface area contributed by atoms with E-state index in [1.165, 1.54) is 5.56 Å². The van der Waals surface area contributed by atoms with Gasteiger partial charge in [-0.25, -0.2) is 4.99 Å². The van der Waals surface area contributed by atoms with Crippen molar-refractivity contribution in [3.63, 3.8) is 0 Å². The van der Waals surface area contributed by atoms with Crippen LogP contribution >= 0.6 is 0 Å². The maximum atomic E-state index is 6.71. The number of benzene rings is 2. The predicted molar refractivity (Wildman–Crippen MR) is 122 cm³/mol. The Morgan fingerprint density at radius 2 is 2.03 bits per heavy atom. The number of hydrogen-bond acceptors (Lipinski definition) is 6. The standard InChI is InChI=1S/C23H28N6O/c1-14(2)11-16-5-8-21(30-4)19(12-16)23(24)25-10-9-22(27-23)26-17-6-7-18-15(3)28-29-20(18)13-17/h5-10,12-14,26-27H,11,24H2,1-4H3,(H,28,29). The van der Waals surface area contributed by atoms with Crippen molar-refractivity contribution in [1.82, 2.24) is 15.5 Å². The second-order valence-corrected chi connectivity index (χ2v) is 8.09. The first kappa shape index (κ1) is 20.0. The van der Waals surface area contributed by atoms with Crippen LogP contribution in [-0.4, -0.2) is 23.5 Å². The monoisotopic (exact) mass is 404 g/mol. The Bertz CT molecular complexity index is 1130. The summed E-state index contributed by atoms with van der Waals surface area (Å²) in [5.41, 5.74) is 11.6. The van der Waals surface area contributed by atoms with Crippen LogP contribution in [0.2, 0.25) is 0 Å². The molecule has 0 saturated heterocycles. The SMILES string of the molecule is COc1ccc(CC(C)C)cc1C1(N)N=CC=C(Nc2ccc3c(C)[nH]nc3c2)N1. The molecule has 1 unspecified atom stereocenters. The van der Waals surface area contributed by atoms with Crippen LogP contribution in [0.25, 0.3) is 10.9 Å². The van der Waals surface area contributed by atoms with Gasteiger partial charge in [-0.3, -0.25) is 10.8 Å². The van der Waals surface area contributed by atoms with Gasteiger partial charge in [0.15, 0.2) is 0 Å². The Balaban J connectivity index is 1.60. The van der Waals surface area contributed by atoms with Crippen LogP contribution < -0.4 is 21.1 Å². The lowest BCUT2D eigenvalue weighted by Gasteiger charge is -2.33. The van der Waals surface area contributed by atoms with E-state index in [1.807, 2.05) is 37.3 Å². The van der Waals surface area contributed by atoms with Gasteiger partial charge in [0, 0.05) is 23.0 Å². The maximum Gasteiger partial charge on any atom is 0.213 e. The van der Waals surface area contributed by atoms with Crippen molar-refractivity contribution in [1.29, 1.82) is 0 Å². The second-order valence-electron chi connectivity index (χ2n) is 8.09. The molecule has 0 bridgehead atoms. The molecule has 30 heavy (non-hydrogen) atoms. The molecule has 1 atom stereocenters. The number of nitrogens with one attached hydrogen (secondary N) is 3. The molecule has 0 spiro atoms. The molecule has 5 N–H and O–H groups in total. The van der Waals surface area contributed by atoms with E-state index in [0.29, 0.717) is 11.7 Å². The summed E-state index contributed by atoms with van der Waals surface area (Å²) in [5.74, 6) is 0.850. The predicted octanol–water partition coefficient (Wildman–Crippen LogP) is 3.77. The summed E-state index contributed by atoms with van der Waals surface area (Å²) in [4.78, 5) is 4.53. The Kier molecular flexibility index (Phi) is 5.22. The quantitative estimate of drug-likeness (QED) is 0.501. The van der Waals surface area contributed by atoms with Gasteiger partial charge in [0.25, 0.3) is 0 Å². The Labute approximate surface area is 176 Å². The number of ether oxygens (including phenoxy) is 1. The molecule has 4 rings (SSSR count). The molecule has 2 heterocycles. The molecule has 1 aromatic heterocycles. The van der Waals surface area contributed by atoms with Gasteiger partial charge in [0.2, 0.25) is 5.79 Å². The van der Waals surface area contributed by atoms with Gasteiger partial charge in [0.05, 0.1) is 18.2 Å². The fourth-order valence-electron chi connectivity index (χ4n) is 3.75. The number of methoxy groups -OCH3 is 1. The van der Waals surface area contributed by atoms with Gasteiger partial charge in [-0.05, 0) is 61.2 Å². The van der Waals surface area contributed by atoms with Gasteiger partial charge in [-0.15, -0.1) is 0 Å². The molecular formula is C23H28N6O. The van der Waals surface area contributed by atoms with Crippen molar-refractivity contribution in [2.45, 2.75) is 33.0 Å². The highest BCUT2D eigenvalue weighted by molar-refractivity contribution is 5.85. The van der Waals surface area contributed by atoms with E-state index in [2.05, 4.69) is 51.8 Å². The average Bonchev–Trinajstić information content (AvgIpc) is 3.08. The average molecular weight is 405 g/mol. The largest absolute Gasteiger partial charge is 0.496 e. The highest BCUT2D eigenvalue weighted by Gasteiger charge is 2.32. The number of nitrogens with two attached hydrogens (primary N) is 1. The van der Waals surface area contributed by atoms with Crippen LogP contribution in [0.15, 0.2) is 53.3 Å². The van der Waals surface area contributed by atoms with E-state index in [9.17, 15) is 0 Å². The fraction of sp³-hybridized carbons (Fsp3) is 0.304. The van der Waals surface area contributed by atoms with E-state index in [-0.39, 0.29) is 0 Å². The molecule has 1 aliphatic heterocycles. The van der Waals surface area contributed by atoms with Crippen LogP contribution in [0.5, 0.6) is 5.75 Å². The zero-order valence-corrected chi connectivity index (χ0v) is 17.8. The van der Waals surface area contributed by atoms with Gasteiger partial charge < -0.3 is 15.4 Å². The minimum atomic E-state index is -1.14. The number of aromatic nitrogens is 2. The van der Waals surface area contributed by atoms with Gasteiger partial charge in [0.1, 0.15) is 11.6 Å². The normalized spacial score (nSPS) is 18.4. The van der Waals surface area contributed by atoms with Gasteiger partial charge in [-0.1, -0.05) is 19.9 Å². The summed E-state index contributed by atoms with van der Waals surface area (Å²) in [6.45, 7) is 6.40. The maximum absolute atomic E-state index is 6.71. The van der Waals surface area contributed by atoms with E-state index in [4.69, 9.17) is 10.5 Å². The lowest BCUT2D eigenvalue weighted by molar-refractivity contribution is 0.354. The van der Waals surface area contributed by atoms with Gasteiger partial charge in [-0.2, -0.15) is 5.10 Å². The summed E-state index contributed by atoms with van der Waals surface area (Å²) < 4.78 is 5.58. The first-order chi connectivity index (χ1) is 14.4. The van der Waals surface area contributed by atoms with Crippen molar-refractivity contribution in [2.75, 3.05) is 12.4 Å². The number of nitrogens with zero attached hydrogens (tertiary/aromatic N) is 2. The summed E-state index contributed by atoms with van der Waals surface area (Å²) in [5, 5.41) is 15.1. The minimum absolute atomic E-state index is 0.542. The van der Waals surface area contributed by atoms with Crippen molar-refractivity contribution >= 4 is 22.8 Å². The number of H-pyrrole nitrogens is 1. The van der Waals surface area contributed by atoms with Crippen LogP contribution in [0.4, 0.5) is 5.69 Å². The number of anilines is 1. The second kappa shape index (κ2) is 7.84. The smallest absolute Gasteiger partial charge is 0.213 e. The molecule has 7 nitrogen and oxygen atoms in total. The molecular weight excluding hydrogens is 376 g/mol. The topological polar surface area (TPSA) is 100 Å². The number of aliphatic imine (C=N–C) groups is 1. The van der Waals surface area contributed by atoms with E-state index in [0.717, 1.165) is 40.1 Å².